The molecule has 2 N–H and O–H groups in total. The van der Waals surface area contributed by atoms with Crippen LogP contribution in [0.3, 0.4) is 0 Å². The highest BCUT2D eigenvalue weighted by Gasteiger charge is 2.34. The molecule has 1 amide bonds. The fraction of sp³-hybridized carbons (Fsp3) is 0.0952. The molecule has 3 aromatic carbocycles. The molecular weight excluding hydrogens is 520 g/mol. The van der Waals surface area contributed by atoms with Crippen LogP contribution in [0.5, 0.6) is 0 Å². The molecule has 0 atom stereocenters. The molecule has 12 heteroatoms. The van der Waals surface area contributed by atoms with E-state index in [1.807, 2.05) is 0 Å². The molecule has 3 aromatic rings. The number of carbonyl (C=O) groups is 1. The van der Waals surface area contributed by atoms with Crippen molar-refractivity contribution in [1.29, 1.82) is 0 Å². The fourth-order valence-electron chi connectivity index (χ4n) is 2.88. The lowest BCUT2D eigenvalue weighted by molar-refractivity contribution is -0.139. The first-order chi connectivity index (χ1) is 15.4. The lowest BCUT2D eigenvalue weighted by atomic mass is 10.1. The Hall–Kier alpha value is -2.40. The quantitative estimate of drug-likeness (QED) is 0.341. The number of sulfonamides is 1. The minimum absolute atomic E-state index is 0.0752. The van der Waals surface area contributed by atoms with Crippen molar-refractivity contribution in [3.8, 4) is 0 Å². The smallest absolute Gasteiger partial charge is 0.321 e. The summed E-state index contributed by atoms with van der Waals surface area (Å²) in [6.45, 7) is 0. The number of nitrogens with one attached hydrogen (secondary N) is 2. The van der Waals surface area contributed by atoms with Crippen LogP contribution in [0.4, 0.5) is 24.5 Å². The molecule has 0 fully saturated rings. The van der Waals surface area contributed by atoms with Crippen molar-refractivity contribution in [2.24, 2.45) is 0 Å². The van der Waals surface area contributed by atoms with E-state index in [2.05, 4.69) is 10.0 Å². The van der Waals surface area contributed by atoms with Crippen molar-refractivity contribution in [3.05, 3.63) is 81.8 Å². The molecule has 0 aliphatic heterocycles. The van der Waals surface area contributed by atoms with Gasteiger partial charge in [0.1, 0.15) is 0 Å². The molecule has 3 rings (SSSR count). The summed E-state index contributed by atoms with van der Waals surface area (Å²) in [5.41, 5.74) is -1.26. The molecular formula is C21H15Cl2F3N2O3S2. The first kappa shape index (κ1) is 25.2. The van der Waals surface area contributed by atoms with Crippen LogP contribution in [0.25, 0.3) is 0 Å². The average Bonchev–Trinajstić information content (AvgIpc) is 2.74. The van der Waals surface area contributed by atoms with Crippen LogP contribution in [0.1, 0.15) is 15.9 Å². The third kappa shape index (κ3) is 5.94. The van der Waals surface area contributed by atoms with E-state index in [-0.39, 0.29) is 31.8 Å². The second kappa shape index (κ2) is 9.84. The van der Waals surface area contributed by atoms with E-state index in [1.165, 1.54) is 60.9 Å². The molecule has 0 saturated carbocycles. The molecule has 0 spiro atoms. The van der Waals surface area contributed by atoms with Crippen LogP contribution in [0.2, 0.25) is 10.0 Å². The van der Waals surface area contributed by atoms with Gasteiger partial charge in [0.05, 0.1) is 27.4 Å². The normalized spacial score (nSPS) is 11.8. The summed E-state index contributed by atoms with van der Waals surface area (Å²) in [7, 11) is -4.10. The molecule has 0 aliphatic carbocycles. The lowest BCUT2D eigenvalue weighted by Gasteiger charge is -2.17. The number of carbonyl (C=O) groups excluding carboxylic acids is 1. The number of anilines is 2. The Labute approximate surface area is 202 Å². The molecule has 0 unspecified atom stereocenters. The standard InChI is InChI=1S/C21H15Cl2F3N2O3S2/c1-32-19-16(21(24,25)26)3-2-4-18(19)27-20(29)15-11-13(23)7-10-17(15)28-33(30,31)14-8-5-12(22)6-9-14/h2-11,28H,1H3,(H,27,29). The van der Waals surface area contributed by atoms with Gasteiger partial charge in [0.15, 0.2) is 0 Å². The zero-order valence-corrected chi connectivity index (χ0v) is 19.8. The van der Waals surface area contributed by atoms with Gasteiger partial charge < -0.3 is 5.32 Å². The SMILES string of the molecule is CSc1c(NC(=O)c2cc(Cl)ccc2NS(=O)(=O)c2ccc(Cl)cc2)cccc1C(F)(F)F. The number of hydrogen-bond acceptors (Lipinski definition) is 4. The Morgan fingerprint density at radius 2 is 1.58 bits per heavy atom. The van der Waals surface area contributed by atoms with Crippen LogP contribution in [0, 0.1) is 0 Å². The predicted molar refractivity (Wildman–Crippen MR) is 125 cm³/mol. The van der Waals surface area contributed by atoms with Crippen LogP contribution < -0.4 is 10.0 Å². The van der Waals surface area contributed by atoms with Crippen molar-refractivity contribution in [3.63, 3.8) is 0 Å². The Bertz CT molecular complexity index is 1300. The van der Waals surface area contributed by atoms with Crippen LogP contribution >= 0.6 is 35.0 Å². The highest BCUT2D eigenvalue weighted by Crippen LogP contribution is 2.40. The zero-order chi connectivity index (χ0) is 24.4. The minimum atomic E-state index is -4.62. The first-order valence-electron chi connectivity index (χ1n) is 9.06. The van der Waals surface area contributed by atoms with Crippen molar-refractivity contribution >= 4 is 62.3 Å². The van der Waals surface area contributed by atoms with Gasteiger partial charge in [0, 0.05) is 14.9 Å². The van der Waals surface area contributed by atoms with Gasteiger partial charge in [-0.2, -0.15) is 13.2 Å². The van der Waals surface area contributed by atoms with Gasteiger partial charge in [-0.3, -0.25) is 9.52 Å². The molecule has 0 aromatic heterocycles. The molecule has 0 radical (unpaired) electrons. The summed E-state index contributed by atoms with van der Waals surface area (Å²) in [5.74, 6) is -0.846. The van der Waals surface area contributed by atoms with E-state index >= 15 is 0 Å². The van der Waals surface area contributed by atoms with Gasteiger partial charge in [0.25, 0.3) is 15.9 Å². The van der Waals surface area contributed by atoms with Gasteiger partial charge in [0.2, 0.25) is 0 Å². The third-order valence-electron chi connectivity index (χ3n) is 4.37. The van der Waals surface area contributed by atoms with Gasteiger partial charge in [-0.05, 0) is 60.9 Å². The summed E-state index contributed by atoms with van der Waals surface area (Å²) >= 11 is 12.6. The Morgan fingerprint density at radius 1 is 0.939 bits per heavy atom. The largest absolute Gasteiger partial charge is 0.417 e. The summed E-state index contributed by atoms with van der Waals surface area (Å²) in [4.78, 5) is 12.7. The Morgan fingerprint density at radius 3 is 2.18 bits per heavy atom. The lowest BCUT2D eigenvalue weighted by Crippen LogP contribution is -2.19. The van der Waals surface area contributed by atoms with Crippen molar-refractivity contribution in [2.45, 2.75) is 16.0 Å². The predicted octanol–water partition coefficient (Wildman–Crippen LogP) is 6.79. The van der Waals surface area contributed by atoms with Crippen molar-refractivity contribution in [2.75, 3.05) is 16.3 Å². The summed E-state index contributed by atoms with van der Waals surface area (Å²) < 4.78 is 67.8. The number of rotatable bonds is 6. The van der Waals surface area contributed by atoms with E-state index in [0.717, 1.165) is 17.8 Å². The van der Waals surface area contributed by atoms with Gasteiger partial charge in [-0.1, -0.05) is 29.3 Å². The molecule has 5 nitrogen and oxygen atoms in total. The van der Waals surface area contributed by atoms with E-state index in [9.17, 15) is 26.4 Å². The molecule has 0 bridgehead atoms. The first-order valence-corrected chi connectivity index (χ1v) is 12.5. The van der Waals surface area contributed by atoms with Crippen molar-refractivity contribution < 1.29 is 26.4 Å². The Kier molecular flexibility index (Phi) is 7.52. The summed E-state index contributed by atoms with van der Waals surface area (Å²) in [6, 6.07) is 12.6. The fourth-order valence-corrected chi connectivity index (χ4v) is 5.00. The second-order valence-electron chi connectivity index (χ2n) is 6.59. The second-order valence-corrected chi connectivity index (χ2v) is 9.96. The number of thioether (sulfide) groups is 1. The topological polar surface area (TPSA) is 75.3 Å². The number of hydrogen-bond donors (Lipinski definition) is 2. The molecule has 0 saturated heterocycles. The van der Waals surface area contributed by atoms with Gasteiger partial charge >= 0.3 is 6.18 Å². The minimum Gasteiger partial charge on any atom is -0.321 e. The van der Waals surface area contributed by atoms with E-state index < -0.39 is 27.7 Å². The maximum absolute atomic E-state index is 13.3. The van der Waals surface area contributed by atoms with Crippen molar-refractivity contribution in [1.82, 2.24) is 0 Å². The van der Waals surface area contributed by atoms with E-state index in [1.54, 1.807) is 0 Å². The summed E-state index contributed by atoms with van der Waals surface area (Å²) in [6.07, 6.45) is -3.17. The summed E-state index contributed by atoms with van der Waals surface area (Å²) in [5, 5.41) is 2.89. The monoisotopic (exact) mass is 534 g/mol. The van der Waals surface area contributed by atoms with Gasteiger partial charge in [-0.15, -0.1) is 11.8 Å². The zero-order valence-electron chi connectivity index (χ0n) is 16.7. The maximum atomic E-state index is 13.3. The highest BCUT2D eigenvalue weighted by molar-refractivity contribution is 7.98. The van der Waals surface area contributed by atoms with Crippen LogP contribution in [-0.4, -0.2) is 20.6 Å². The van der Waals surface area contributed by atoms with Gasteiger partial charge in [-0.25, -0.2) is 8.42 Å². The molecule has 0 heterocycles. The molecule has 174 valence electrons. The number of halogens is 5. The average molecular weight is 535 g/mol. The highest BCUT2D eigenvalue weighted by atomic mass is 35.5. The molecule has 0 aliphatic rings. The third-order valence-corrected chi connectivity index (χ3v) is 7.08. The van der Waals surface area contributed by atoms with E-state index in [4.69, 9.17) is 23.2 Å². The maximum Gasteiger partial charge on any atom is 0.417 e. The van der Waals surface area contributed by atoms with E-state index in [0.29, 0.717) is 5.02 Å². The number of amides is 1. The molecule has 33 heavy (non-hydrogen) atoms. The van der Waals surface area contributed by atoms with Crippen LogP contribution in [0.15, 0.2) is 70.5 Å². The number of benzene rings is 3. The Balaban J connectivity index is 1.97. The number of alkyl halides is 3. The van der Waals surface area contributed by atoms with Crippen LogP contribution in [-0.2, 0) is 16.2 Å².